The Morgan fingerprint density at radius 2 is 2.10 bits per heavy atom. The van der Waals surface area contributed by atoms with Crippen LogP contribution in [0.2, 0.25) is 0 Å². The van der Waals surface area contributed by atoms with Crippen LogP contribution in [0.1, 0.15) is 51.0 Å². The van der Waals surface area contributed by atoms with Crippen molar-refractivity contribution in [3.05, 3.63) is 29.8 Å². The number of nitrogens with one attached hydrogen (secondary N) is 1. The third kappa shape index (κ3) is 2.54. The summed E-state index contributed by atoms with van der Waals surface area (Å²) in [6.07, 6.45) is 4.43. The molecule has 2 heterocycles. The molecule has 0 spiro atoms. The van der Waals surface area contributed by atoms with Crippen molar-refractivity contribution in [1.82, 2.24) is 4.90 Å². The molecule has 0 saturated carbocycles. The Balaban J connectivity index is 1.78. The highest BCUT2D eigenvalue weighted by Gasteiger charge is 2.39. The first kappa shape index (κ1) is 14.4. The largest absolute Gasteiger partial charge is 0.385 e. The van der Waals surface area contributed by atoms with Gasteiger partial charge in [0, 0.05) is 25.3 Å². The smallest absolute Gasteiger partial charge is 0.230 e. The first-order chi connectivity index (χ1) is 10.2. The molecule has 1 amide bonds. The van der Waals surface area contributed by atoms with Crippen LogP contribution >= 0.6 is 0 Å². The first-order valence-corrected chi connectivity index (χ1v) is 8.31. The van der Waals surface area contributed by atoms with Crippen LogP contribution in [0, 0.1) is 5.41 Å². The molecular weight excluding hydrogens is 260 g/mol. The van der Waals surface area contributed by atoms with Crippen molar-refractivity contribution in [2.45, 2.75) is 45.4 Å². The second kappa shape index (κ2) is 5.70. The number of hydrogen-bond acceptors (Lipinski definition) is 2. The molecule has 21 heavy (non-hydrogen) atoms. The molecule has 1 N–H and O–H groups in total. The van der Waals surface area contributed by atoms with Gasteiger partial charge in [-0.2, -0.15) is 0 Å². The van der Waals surface area contributed by atoms with Crippen molar-refractivity contribution in [3.8, 4) is 0 Å². The number of likely N-dealkylation sites (tertiary alicyclic amines) is 1. The lowest BCUT2D eigenvalue weighted by Gasteiger charge is -2.31. The highest BCUT2D eigenvalue weighted by atomic mass is 16.2. The number of rotatable bonds is 3. The summed E-state index contributed by atoms with van der Waals surface area (Å²) in [6.45, 7) is 7.31. The molecule has 1 saturated heterocycles. The van der Waals surface area contributed by atoms with Gasteiger partial charge >= 0.3 is 0 Å². The van der Waals surface area contributed by atoms with Gasteiger partial charge in [0.25, 0.3) is 0 Å². The van der Waals surface area contributed by atoms with Gasteiger partial charge in [0.2, 0.25) is 5.91 Å². The SMILES string of the molecule is CCC1(CC)CCN(C(=O)C2CCNc3ccccc32)C1. The standard InChI is InChI=1S/C18H26N2O/c1-3-18(4-2)10-12-20(13-18)17(21)15-9-11-19-16-8-6-5-7-14(15)16/h5-8,15,19H,3-4,9-13H2,1-2H3. The molecule has 114 valence electrons. The highest BCUT2D eigenvalue weighted by molar-refractivity contribution is 5.86. The Labute approximate surface area is 127 Å². The van der Waals surface area contributed by atoms with Gasteiger partial charge in [-0.15, -0.1) is 0 Å². The molecule has 0 aromatic heterocycles. The predicted molar refractivity (Wildman–Crippen MR) is 86.5 cm³/mol. The summed E-state index contributed by atoms with van der Waals surface area (Å²) in [6, 6.07) is 8.26. The predicted octanol–water partition coefficient (Wildman–Crippen LogP) is 3.62. The normalized spacial score (nSPS) is 23.5. The van der Waals surface area contributed by atoms with Gasteiger partial charge in [0.05, 0.1) is 5.92 Å². The van der Waals surface area contributed by atoms with Gasteiger partial charge in [-0.3, -0.25) is 4.79 Å². The van der Waals surface area contributed by atoms with E-state index in [9.17, 15) is 4.79 Å². The molecular formula is C18H26N2O. The second-order valence-electron chi connectivity index (χ2n) is 6.57. The Morgan fingerprint density at radius 3 is 2.81 bits per heavy atom. The summed E-state index contributed by atoms with van der Waals surface area (Å²) >= 11 is 0. The minimum atomic E-state index is 0.0481. The minimum absolute atomic E-state index is 0.0481. The second-order valence-corrected chi connectivity index (χ2v) is 6.57. The first-order valence-electron chi connectivity index (χ1n) is 8.31. The Kier molecular flexibility index (Phi) is 3.92. The van der Waals surface area contributed by atoms with Crippen LogP contribution < -0.4 is 5.32 Å². The van der Waals surface area contributed by atoms with E-state index in [1.165, 1.54) is 24.8 Å². The summed E-state index contributed by atoms with van der Waals surface area (Å²) in [5, 5.41) is 3.41. The lowest BCUT2D eigenvalue weighted by atomic mass is 9.82. The van der Waals surface area contributed by atoms with E-state index in [2.05, 4.69) is 36.2 Å². The van der Waals surface area contributed by atoms with Crippen LogP contribution in [0.3, 0.4) is 0 Å². The van der Waals surface area contributed by atoms with Gasteiger partial charge in [0.1, 0.15) is 0 Å². The van der Waals surface area contributed by atoms with Gasteiger partial charge < -0.3 is 10.2 Å². The zero-order valence-corrected chi connectivity index (χ0v) is 13.2. The molecule has 3 rings (SSSR count). The van der Waals surface area contributed by atoms with Crippen LogP contribution in [-0.4, -0.2) is 30.4 Å². The summed E-state index contributed by atoms with van der Waals surface area (Å²) in [7, 11) is 0. The van der Waals surface area contributed by atoms with E-state index < -0.39 is 0 Å². The van der Waals surface area contributed by atoms with Crippen molar-refractivity contribution in [1.29, 1.82) is 0 Å². The maximum absolute atomic E-state index is 13.0. The highest BCUT2D eigenvalue weighted by Crippen LogP contribution is 2.40. The maximum atomic E-state index is 13.0. The van der Waals surface area contributed by atoms with E-state index >= 15 is 0 Å². The van der Waals surface area contributed by atoms with Crippen LogP contribution in [0.15, 0.2) is 24.3 Å². The number of amides is 1. The molecule has 0 bridgehead atoms. The average molecular weight is 286 g/mol. The average Bonchev–Trinajstić information content (AvgIpc) is 2.99. The van der Waals surface area contributed by atoms with Gasteiger partial charge in [-0.05, 0) is 42.7 Å². The lowest BCUT2D eigenvalue weighted by molar-refractivity contribution is -0.132. The van der Waals surface area contributed by atoms with E-state index in [1.807, 2.05) is 12.1 Å². The molecule has 1 aromatic carbocycles. The fraction of sp³-hybridized carbons (Fsp3) is 0.611. The molecule has 2 aliphatic rings. The Hall–Kier alpha value is -1.51. The van der Waals surface area contributed by atoms with E-state index in [0.29, 0.717) is 11.3 Å². The van der Waals surface area contributed by atoms with E-state index in [-0.39, 0.29) is 5.92 Å². The van der Waals surface area contributed by atoms with Gasteiger partial charge in [-0.25, -0.2) is 0 Å². The Morgan fingerprint density at radius 1 is 1.33 bits per heavy atom. The number of para-hydroxylation sites is 1. The fourth-order valence-corrected chi connectivity index (χ4v) is 3.90. The molecule has 0 radical (unpaired) electrons. The molecule has 1 fully saturated rings. The van der Waals surface area contributed by atoms with Crippen LogP contribution in [0.4, 0.5) is 5.69 Å². The molecule has 2 aliphatic heterocycles. The molecule has 3 nitrogen and oxygen atoms in total. The number of benzene rings is 1. The number of nitrogens with zero attached hydrogens (tertiary/aromatic N) is 1. The summed E-state index contributed by atoms with van der Waals surface area (Å²) < 4.78 is 0. The third-order valence-corrected chi connectivity index (χ3v) is 5.63. The molecule has 1 aromatic rings. The zero-order chi connectivity index (χ0) is 14.9. The van der Waals surface area contributed by atoms with Crippen molar-refractivity contribution in [2.24, 2.45) is 5.41 Å². The van der Waals surface area contributed by atoms with Crippen molar-refractivity contribution in [2.75, 3.05) is 25.0 Å². The number of hydrogen-bond donors (Lipinski definition) is 1. The zero-order valence-electron chi connectivity index (χ0n) is 13.2. The monoisotopic (exact) mass is 286 g/mol. The van der Waals surface area contributed by atoms with Gasteiger partial charge in [0.15, 0.2) is 0 Å². The molecule has 3 heteroatoms. The fourth-order valence-electron chi connectivity index (χ4n) is 3.90. The summed E-state index contributed by atoms with van der Waals surface area (Å²) in [5.74, 6) is 0.389. The van der Waals surface area contributed by atoms with Crippen LogP contribution in [0.5, 0.6) is 0 Å². The molecule has 0 aliphatic carbocycles. The summed E-state index contributed by atoms with van der Waals surface area (Å²) in [4.78, 5) is 15.1. The quantitative estimate of drug-likeness (QED) is 0.920. The topological polar surface area (TPSA) is 32.3 Å². The van der Waals surface area contributed by atoms with E-state index in [0.717, 1.165) is 31.7 Å². The van der Waals surface area contributed by atoms with Crippen LogP contribution in [0.25, 0.3) is 0 Å². The number of carbonyl (C=O) groups is 1. The van der Waals surface area contributed by atoms with Crippen molar-refractivity contribution in [3.63, 3.8) is 0 Å². The number of fused-ring (bicyclic) bond motifs is 1. The van der Waals surface area contributed by atoms with Gasteiger partial charge in [-0.1, -0.05) is 32.0 Å². The molecule has 1 unspecified atom stereocenters. The van der Waals surface area contributed by atoms with E-state index in [1.54, 1.807) is 0 Å². The Bertz CT molecular complexity index is 522. The third-order valence-electron chi connectivity index (χ3n) is 5.63. The number of anilines is 1. The van der Waals surface area contributed by atoms with Crippen molar-refractivity contribution < 1.29 is 4.79 Å². The van der Waals surface area contributed by atoms with E-state index in [4.69, 9.17) is 0 Å². The maximum Gasteiger partial charge on any atom is 0.230 e. The molecule has 1 atom stereocenters. The van der Waals surface area contributed by atoms with Crippen LogP contribution in [-0.2, 0) is 4.79 Å². The lowest BCUT2D eigenvalue weighted by Crippen LogP contribution is -2.37. The summed E-state index contributed by atoms with van der Waals surface area (Å²) in [5.41, 5.74) is 2.68. The number of carbonyl (C=O) groups excluding carboxylic acids is 1. The minimum Gasteiger partial charge on any atom is -0.385 e. The van der Waals surface area contributed by atoms with Crippen molar-refractivity contribution >= 4 is 11.6 Å².